The van der Waals surface area contributed by atoms with Crippen molar-refractivity contribution in [3.05, 3.63) is 241 Å². The minimum absolute atomic E-state index is 0.552. The summed E-state index contributed by atoms with van der Waals surface area (Å²) in [5, 5.41) is 2.50. The largest absolute Gasteiger partial charge is 0.310 e. The molecule has 0 saturated heterocycles. The highest BCUT2D eigenvalue weighted by Crippen LogP contribution is 2.64. The van der Waals surface area contributed by atoms with E-state index in [0.717, 1.165) is 28.4 Å². The SMILES string of the molecule is c1ccc(N(c2ccccc2)c2ccc3c(c2)-c2ccccc2C32c3cc4ccccc4cc3Sc3c(N(c4ccccc4)c4ccccc4)cccc32)cc1. The second kappa shape index (κ2) is 13.2. The van der Waals surface area contributed by atoms with E-state index in [4.69, 9.17) is 0 Å². The molecule has 0 aromatic heterocycles. The molecule has 9 aromatic rings. The van der Waals surface area contributed by atoms with E-state index in [1.165, 1.54) is 59.6 Å². The van der Waals surface area contributed by atoms with Gasteiger partial charge >= 0.3 is 0 Å². The average molecular weight is 733 g/mol. The number of anilines is 6. The number of rotatable bonds is 6. The molecule has 9 aromatic carbocycles. The Bertz CT molecular complexity index is 2810. The summed E-state index contributed by atoms with van der Waals surface area (Å²) in [4.78, 5) is 7.35. The predicted molar refractivity (Wildman–Crippen MR) is 235 cm³/mol. The van der Waals surface area contributed by atoms with Crippen molar-refractivity contribution in [2.24, 2.45) is 0 Å². The van der Waals surface area contributed by atoms with Crippen LogP contribution >= 0.6 is 11.8 Å². The number of nitrogens with zero attached hydrogens (tertiary/aromatic N) is 2. The Balaban J connectivity index is 1.22. The third kappa shape index (κ3) is 4.98. The zero-order valence-corrected chi connectivity index (χ0v) is 31.4. The molecule has 1 spiro atoms. The molecule has 0 bridgehead atoms. The molecule has 2 nitrogen and oxygen atoms in total. The van der Waals surface area contributed by atoms with Crippen LogP contribution in [0.25, 0.3) is 21.9 Å². The Hall–Kier alpha value is -6.81. The van der Waals surface area contributed by atoms with Crippen LogP contribution in [0.5, 0.6) is 0 Å². The summed E-state index contributed by atoms with van der Waals surface area (Å²) < 4.78 is 0. The summed E-state index contributed by atoms with van der Waals surface area (Å²) in [6.07, 6.45) is 0. The van der Waals surface area contributed by atoms with Gasteiger partial charge < -0.3 is 9.80 Å². The Morgan fingerprint density at radius 1 is 0.321 bits per heavy atom. The number of hydrogen-bond donors (Lipinski definition) is 0. The molecular weight excluding hydrogens is 697 g/mol. The molecule has 0 amide bonds. The lowest BCUT2D eigenvalue weighted by Crippen LogP contribution is -2.32. The lowest BCUT2D eigenvalue weighted by molar-refractivity contribution is 0.724. The van der Waals surface area contributed by atoms with Gasteiger partial charge in [0.1, 0.15) is 0 Å². The van der Waals surface area contributed by atoms with Gasteiger partial charge in [-0.15, -0.1) is 0 Å². The van der Waals surface area contributed by atoms with Crippen LogP contribution < -0.4 is 9.80 Å². The van der Waals surface area contributed by atoms with E-state index in [9.17, 15) is 0 Å². The highest BCUT2D eigenvalue weighted by atomic mass is 32.2. The van der Waals surface area contributed by atoms with Gasteiger partial charge in [-0.25, -0.2) is 0 Å². The molecule has 1 unspecified atom stereocenters. The lowest BCUT2D eigenvalue weighted by Gasteiger charge is -2.41. The molecule has 1 aliphatic heterocycles. The van der Waals surface area contributed by atoms with Gasteiger partial charge in [0.05, 0.1) is 11.1 Å². The van der Waals surface area contributed by atoms with Gasteiger partial charge in [-0.05, 0) is 123 Å². The Labute approximate surface area is 332 Å². The van der Waals surface area contributed by atoms with E-state index in [1.807, 2.05) is 11.8 Å². The van der Waals surface area contributed by atoms with Crippen molar-refractivity contribution in [3.63, 3.8) is 0 Å². The summed E-state index contributed by atoms with van der Waals surface area (Å²) >= 11 is 1.90. The molecule has 264 valence electrons. The van der Waals surface area contributed by atoms with Crippen molar-refractivity contribution in [1.82, 2.24) is 0 Å². The summed E-state index contributed by atoms with van der Waals surface area (Å²) in [7, 11) is 0. The maximum absolute atomic E-state index is 2.47. The Morgan fingerprint density at radius 2 is 0.821 bits per heavy atom. The molecule has 0 fully saturated rings. The Morgan fingerprint density at radius 3 is 1.45 bits per heavy atom. The van der Waals surface area contributed by atoms with Crippen LogP contribution in [0.4, 0.5) is 34.1 Å². The highest BCUT2D eigenvalue weighted by molar-refractivity contribution is 7.99. The van der Waals surface area contributed by atoms with E-state index in [1.54, 1.807) is 0 Å². The van der Waals surface area contributed by atoms with E-state index < -0.39 is 5.41 Å². The van der Waals surface area contributed by atoms with E-state index in [0.29, 0.717) is 0 Å². The van der Waals surface area contributed by atoms with Crippen molar-refractivity contribution < 1.29 is 0 Å². The molecular formula is C53H36N2S. The van der Waals surface area contributed by atoms with Crippen LogP contribution in [0.3, 0.4) is 0 Å². The smallest absolute Gasteiger partial charge is 0.0736 e. The fourth-order valence-electron chi connectivity index (χ4n) is 9.13. The minimum Gasteiger partial charge on any atom is -0.310 e. The van der Waals surface area contributed by atoms with Crippen molar-refractivity contribution in [2.45, 2.75) is 15.2 Å². The van der Waals surface area contributed by atoms with Crippen LogP contribution in [0, 0.1) is 0 Å². The van der Waals surface area contributed by atoms with Crippen molar-refractivity contribution in [1.29, 1.82) is 0 Å². The van der Waals surface area contributed by atoms with Crippen molar-refractivity contribution in [3.8, 4) is 11.1 Å². The molecule has 1 aliphatic carbocycles. The van der Waals surface area contributed by atoms with Crippen LogP contribution in [0.15, 0.2) is 228 Å². The molecule has 1 heterocycles. The summed E-state index contributed by atoms with van der Waals surface area (Å²) in [6.45, 7) is 0. The molecule has 0 saturated carbocycles. The molecule has 0 N–H and O–H groups in total. The fraction of sp³-hybridized carbons (Fsp3) is 0.0189. The zero-order chi connectivity index (χ0) is 37.1. The van der Waals surface area contributed by atoms with Crippen LogP contribution in [-0.4, -0.2) is 0 Å². The Kier molecular flexibility index (Phi) is 7.68. The third-order valence-corrected chi connectivity index (χ3v) is 12.6. The minimum atomic E-state index is -0.552. The maximum Gasteiger partial charge on any atom is 0.0736 e. The van der Waals surface area contributed by atoms with E-state index >= 15 is 0 Å². The van der Waals surface area contributed by atoms with Gasteiger partial charge in [0.25, 0.3) is 0 Å². The molecule has 56 heavy (non-hydrogen) atoms. The number of hydrogen-bond acceptors (Lipinski definition) is 3. The average Bonchev–Trinajstić information content (AvgIpc) is 3.55. The zero-order valence-electron chi connectivity index (χ0n) is 30.6. The van der Waals surface area contributed by atoms with Gasteiger partial charge in [-0.3, -0.25) is 0 Å². The summed E-state index contributed by atoms with van der Waals surface area (Å²) in [5.74, 6) is 0. The lowest BCUT2D eigenvalue weighted by atomic mass is 9.67. The number of fused-ring (bicyclic) bond motifs is 10. The normalized spacial score (nSPS) is 14.8. The standard InChI is InChI=1S/C53H36N2S/c1-5-20-39(21-6-1)54(40-22-7-2-8-23-40)43-32-33-47-45(36-43)44-28-15-16-29-46(44)53(47)48-30-17-31-50(55(41-24-9-3-10-25-41)42-26-11-4-12-27-42)52(48)56-51-35-38-19-14-13-18-37(38)34-49(51)53/h1-36H. The van der Waals surface area contributed by atoms with Gasteiger partial charge in [0.15, 0.2) is 0 Å². The highest BCUT2D eigenvalue weighted by Gasteiger charge is 2.51. The first-order valence-corrected chi connectivity index (χ1v) is 20.0. The van der Waals surface area contributed by atoms with Crippen LogP contribution in [0.2, 0.25) is 0 Å². The van der Waals surface area contributed by atoms with E-state index in [2.05, 4.69) is 228 Å². The molecule has 3 heteroatoms. The van der Waals surface area contributed by atoms with Crippen LogP contribution in [-0.2, 0) is 5.41 Å². The first-order valence-electron chi connectivity index (χ1n) is 19.2. The van der Waals surface area contributed by atoms with Gasteiger partial charge in [-0.2, -0.15) is 0 Å². The number of para-hydroxylation sites is 4. The third-order valence-electron chi connectivity index (χ3n) is 11.4. The fourth-order valence-corrected chi connectivity index (χ4v) is 10.5. The predicted octanol–water partition coefficient (Wildman–Crippen LogP) is 14.6. The van der Waals surface area contributed by atoms with Gasteiger partial charge in [-0.1, -0.05) is 151 Å². The number of benzene rings is 9. The van der Waals surface area contributed by atoms with Gasteiger partial charge in [0, 0.05) is 38.2 Å². The quantitative estimate of drug-likeness (QED) is 0.168. The summed E-state index contributed by atoms with van der Waals surface area (Å²) in [6, 6.07) is 79.9. The second-order valence-electron chi connectivity index (χ2n) is 14.5. The first kappa shape index (κ1) is 32.6. The van der Waals surface area contributed by atoms with Crippen molar-refractivity contribution in [2.75, 3.05) is 9.80 Å². The van der Waals surface area contributed by atoms with Crippen LogP contribution in [0.1, 0.15) is 22.3 Å². The van der Waals surface area contributed by atoms with Crippen molar-refractivity contribution >= 4 is 56.7 Å². The maximum atomic E-state index is 2.47. The van der Waals surface area contributed by atoms with E-state index in [-0.39, 0.29) is 0 Å². The second-order valence-corrected chi connectivity index (χ2v) is 15.5. The molecule has 2 aliphatic rings. The topological polar surface area (TPSA) is 6.48 Å². The monoisotopic (exact) mass is 732 g/mol. The molecule has 11 rings (SSSR count). The van der Waals surface area contributed by atoms with Gasteiger partial charge in [0.2, 0.25) is 0 Å². The first-order chi connectivity index (χ1) is 27.8. The summed E-state index contributed by atoms with van der Waals surface area (Å²) in [5.41, 5.74) is 14.1. The molecule has 1 atom stereocenters. The molecule has 0 radical (unpaired) electrons.